The fourth-order valence-electron chi connectivity index (χ4n) is 3.74. The van der Waals surface area contributed by atoms with Gasteiger partial charge in [-0.3, -0.25) is 0 Å². The molecule has 1 N–H and O–H groups in total. The molecule has 0 aromatic carbocycles. The molecular formula is C14H19NO5S. The van der Waals surface area contributed by atoms with Crippen LogP contribution >= 0.6 is 0 Å². The van der Waals surface area contributed by atoms with Crippen molar-refractivity contribution in [3.8, 4) is 0 Å². The Balaban J connectivity index is 2.02. The third-order valence-electron chi connectivity index (χ3n) is 4.71. The molecule has 0 spiro atoms. The number of carboxylic acid groups (broad SMARTS) is 1. The number of hydrogen-bond acceptors (Lipinski definition) is 4. The Hall–Kier alpha value is -1.34. The molecule has 2 atom stereocenters. The summed E-state index contributed by atoms with van der Waals surface area (Å²) in [5, 5.41) is 9.28. The van der Waals surface area contributed by atoms with Crippen LogP contribution in [-0.4, -0.2) is 36.9 Å². The van der Waals surface area contributed by atoms with Crippen molar-refractivity contribution < 1.29 is 22.7 Å². The van der Waals surface area contributed by atoms with Crippen molar-refractivity contribution in [2.75, 3.05) is 13.1 Å². The van der Waals surface area contributed by atoms with Crippen LogP contribution in [0.15, 0.2) is 9.31 Å². The third-order valence-corrected chi connectivity index (χ3v) is 6.70. The maximum Gasteiger partial charge on any atom is 0.340 e. The van der Waals surface area contributed by atoms with E-state index in [0.29, 0.717) is 24.9 Å². The van der Waals surface area contributed by atoms with Gasteiger partial charge in [0, 0.05) is 13.1 Å². The number of fused-ring (bicyclic) bond motifs is 1. The summed E-state index contributed by atoms with van der Waals surface area (Å²) in [6, 6.07) is 0. The lowest BCUT2D eigenvalue weighted by Crippen LogP contribution is -2.31. The molecule has 1 aliphatic heterocycles. The minimum absolute atomic E-state index is 0.137. The maximum absolute atomic E-state index is 12.8. The van der Waals surface area contributed by atoms with Crippen LogP contribution in [0.25, 0.3) is 0 Å². The van der Waals surface area contributed by atoms with Gasteiger partial charge in [0.05, 0.1) is 0 Å². The predicted octanol–water partition coefficient (Wildman–Crippen LogP) is 2.02. The van der Waals surface area contributed by atoms with Gasteiger partial charge >= 0.3 is 5.97 Å². The molecule has 0 amide bonds. The Labute approximate surface area is 123 Å². The topological polar surface area (TPSA) is 87.8 Å². The molecule has 2 fully saturated rings. The highest BCUT2D eigenvalue weighted by Gasteiger charge is 2.44. The second-order valence-corrected chi connectivity index (χ2v) is 7.87. The second kappa shape index (κ2) is 4.84. The monoisotopic (exact) mass is 313 g/mol. The Bertz CT molecular complexity index is 678. The highest BCUT2D eigenvalue weighted by molar-refractivity contribution is 7.89. The van der Waals surface area contributed by atoms with Crippen molar-refractivity contribution in [1.29, 1.82) is 0 Å². The molecule has 2 heterocycles. The van der Waals surface area contributed by atoms with Gasteiger partial charge in [-0.2, -0.15) is 4.31 Å². The van der Waals surface area contributed by atoms with Crippen molar-refractivity contribution in [3.05, 3.63) is 17.1 Å². The summed E-state index contributed by atoms with van der Waals surface area (Å²) in [5.74, 6) is -0.134. The van der Waals surface area contributed by atoms with Gasteiger partial charge in [-0.05, 0) is 38.5 Å². The predicted molar refractivity (Wildman–Crippen MR) is 74.7 cm³/mol. The van der Waals surface area contributed by atoms with Crippen molar-refractivity contribution in [2.24, 2.45) is 11.8 Å². The fourth-order valence-corrected chi connectivity index (χ4v) is 5.67. The van der Waals surface area contributed by atoms with Crippen LogP contribution in [0.4, 0.5) is 0 Å². The standard InChI is InChI=1S/C14H19NO5S/c1-8-12(14(16)17)13(9(2)20-8)21(18,19)15-6-10-4-3-5-11(10)7-15/h10-11H,3-7H2,1-2H3,(H,16,17). The summed E-state index contributed by atoms with van der Waals surface area (Å²) in [6.45, 7) is 3.98. The number of rotatable bonds is 3. The molecule has 2 aliphatic rings. The van der Waals surface area contributed by atoms with Crippen molar-refractivity contribution >= 4 is 16.0 Å². The smallest absolute Gasteiger partial charge is 0.340 e. The van der Waals surface area contributed by atoms with Crippen LogP contribution in [0.1, 0.15) is 41.1 Å². The van der Waals surface area contributed by atoms with Crippen LogP contribution in [0.2, 0.25) is 0 Å². The lowest BCUT2D eigenvalue weighted by atomic mass is 10.0. The summed E-state index contributed by atoms with van der Waals surface area (Å²) < 4.78 is 32.4. The lowest BCUT2D eigenvalue weighted by molar-refractivity contribution is 0.0691. The molecule has 1 saturated heterocycles. The molecule has 6 nitrogen and oxygen atoms in total. The Kier molecular flexibility index (Phi) is 3.37. The first-order valence-corrected chi connectivity index (χ1v) is 8.59. The first-order valence-electron chi connectivity index (χ1n) is 7.15. The molecule has 1 saturated carbocycles. The first kappa shape index (κ1) is 14.6. The maximum atomic E-state index is 12.8. The van der Waals surface area contributed by atoms with E-state index in [1.807, 2.05) is 0 Å². The number of aromatic carboxylic acids is 1. The fraction of sp³-hybridized carbons (Fsp3) is 0.643. The van der Waals surface area contributed by atoms with E-state index < -0.39 is 16.0 Å². The van der Waals surface area contributed by atoms with E-state index in [1.165, 1.54) is 18.2 Å². The number of nitrogens with zero attached hydrogens (tertiary/aromatic N) is 1. The molecule has 21 heavy (non-hydrogen) atoms. The number of furan rings is 1. The van der Waals surface area contributed by atoms with Crippen LogP contribution in [-0.2, 0) is 10.0 Å². The summed E-state index contributed by atoms with van der Waals surface area (Å²) in [7, 11) is -3.81. The third kappa shape index (κ3) is 2.19. The van der Waals surface area contributed by atoms with E-state index in [0.717, 1.165) is 19.3 Å². The minimum atomic E-state index is -3.81. The molecular weight excluding hydrogens is 294 g/mol. The zero-order valence-corrected chi connectivity index (χ0v) is 12.9. The highest BCUT2D eigenvalue weighted by atomic mass is 32.2. The first-order chi connectivity index (χ1) is 9.82. The van der Waals surface area contributed by atoms with Crippen molar-refractivity contribution in [2.45, 2.75) is 38.0 Å². The number of sulfonamides is 1. The zero-order chi connectivity index (χ0) is 15.4. The molecule has 0 bridgehead atoms. The van der Waals surface area contributed by atoms with E-state index in [2.05, 4.69) is 0 Å². The molecule has 116 valence electrons. The second-order valence-electron chi connectivity index (χ2n) is 6.00. The number of aryl methyl sites for hydroxylation is 2. The number of carboxylic acids is 1. The summed E-state index contributed by atoms with van der Waals surface area (Å²) in [5.41, 5.74) is -0.232. The van der Waals surface area contributed by atoms with Crippen LogP contribution in [0.5, 0.6) is 0 Å². The van der Waals surface area contributed by atoms with E-state index in [9.17, 15) is 18.3 Å². The summed E-state index contributed by atoms with van der Waals surface area (Å²) >= 11 is 0. The van der Waals surface area contributed by atoms with E-state index in [4.69, 9.17) is 4.42 Å². The normalized spacial score (nSPS) is 26.2. The molecule has 1 aliphatic carbocycles. The van der Waals surface area contributed by atoms with Crippen LogP contribution in [0, 0.1) is 25.7 Å². The lowest BCUT2D eigenvalue weighted by Gasteiger charge is -2.17. The Morgan fingerprint density at radius 1 is 1.19 bits per heavy atom. The Morgan fingerprint density at radius 2 is 1.76 bits per heavy atom. The van der Waals surface area contributed by atoms with E-state index >= 15 is 0 Å². The average molecular weight is 313 g/mol. The molecule has 2 unspecified atom stereocenters. The zero-order valence-electron chi connectivity index (χ0n) is 12.1. The summed E-state index contributed by atoms with van der Waals surface area (Å²) in [4.78, 5) is 11.2. The molecule has 3 rings (SSSR count). The highest BCUT2D eigenvalue weighted by Crippen LogP contribution is 2.41. The van der Waals surface area contributed by atoms with Crippen LogP contribution < -0.4 is 0 Å². The van der Waals surface area contributed by atoms with Crippen molar-refractivity contribution in [3.63, 3.8) is 0 Å². The minimum Gasteiger partial charge on any atom is -0.478 e. The number of carbonyl (C=O) groups is 1. The molecule has 0 radical (unpaired) electrons. The van der Waals surface area contributed by atoms with Gasteiger partial charge < -0.3 is 9.52 Å². The largest absolute Gasteiger partial charge is 0.478 e. The SMILES string of the molecule is Cc1oc(C)c(S(=O)(=O)N2CC3CCCC3C2)c1C(=O)O. The Morgan fingerprint density at radius 3 is 2.29 bits per heavy atom. The molecule has 1 aromatic heterocycles. The number of hydrogen-bond donors (Lipinski definition) is 1. The van der Waals surface area contributed by atoms with Gasteiger partial charge in [-0.25, -0.2) is 13.2 Å². The van der Waals surface area contributed by atoms with Crippen LogP contribution in [0.3, 0.4) is 0 Å². The van der Waals surface area contributed by atoms with E-state index in [1.54, 1.807) is 0 Å². The van der Waals surface area contributed by atoms with Gasteiger partial charge in [-0.15, -0.1) is 0 Å². The van der Waals surface area contributed by atoms with Gasteiger partial charge in [0.25, 0.3) is 0 Å². The van der Waals surface area contributed by atoms with E-state index in [-0.39, 0.29) is 22.0 Å². The average Bonchev–Trinajstić information content (AvgIpc) is 3.00. The van der Waals surface area contributed by atoms with Gasteiger partial charge in [0.15, 0.2) is 0 Å². The quantitative estimate of drug-likeness (QED) is 0.922. The van der Waals surface area contributed by atoms with Gasteiger partial charge in [0.2, 0.25) is 10.0 Å². The molecule has 7 heteroatoms. The van der Waals surface area contributed by atoms with Gasteiger partial charge in [0.1, 0.15) is 22.0 Å². The summed E-state index contributed by atoms with van der Waals surface area (Å²) in [6.07, 6.45) is 3.28. The molecule has 1 aromatic rings. The van der Waals surface area contributed by atoms with Gasteiger partial charge in [-0.1, -0.05) is 6.42 Å². The van der Waals surface area contributed by atoms with Crippen molar-refractivity contribution in [1.82, 2.24) is 4.31 Å².